The predicted octanol–water partition coefficient (Wildman–Crippen LogP) is 7.53. The van der Waals surface area contributed by atoms with E-state index in [2.05, 4.69) is 15.6 Å². The number of aliphatic carboxylic acids is 2. The quantitative estimate of drug-likeness (QED) is 0.0357. The van der Waals surface area contributed by atoms with Crippen molar-refractivity contribution in [2.75, 3.05) is 13.2 Å². The molecule has 14 nitrogen and oxygen atoms in total. The molecule has 0 aliphatic rings. The van der Waals surface area contributed by atoms with Crippen molar-refractivity contribution < 1.29 is 49.3 Å². The number of rotatable bonds is 22. The third-order valence-corrected chi connectivity index (χ3v) is 10.8. The zero-order chi connectivity index (χ0) is 44.1. The Morgan fingerprint density at radius 3 is 1.70 bits per heavy atom. The number of ether oxygens (including phenoxy) is 3. The van der Waals surface area contributed by atoms with Crippen LogP contribution in [0.4, 0.5) is 0 Å². The Morgan fingerprint density at radius 1 is 0.672 bits per heavy atom. The van der Waals surface area contributed by atoms with Crippen molar-refractivity contribution in [1.82, 2.24) is 15.6 Å². The number of aliphatic hydroxyl groups is 2. The Kier molecular flexibility index (Phi) is 17.2. The third kappa shape index (κ3) is 12.6. The molecule has 0 radical (unpaired) electrons. The maximum atomic E-state index is 11.7. The number of benzene rings is 4. The lowest BCUT2D eigenvalue weighted by molar-refractivity contribution is -0.140. The van der Waals surface area contributed by atoms with E-state index < -0.39 is 24.0 Å². The molecule has 5 aromatic rings. The number of aromatic hydroxyl groups is 1. The zero-order valence-electron chi connectivity index (χ0n) is 32.2. The van der Waals surface area contributed by atoms with Crippen molar-refractivity contribution in [3.63, 3.8) is 0 Å². The first-order chi connectivity index (χ1) is 29.3. The lowest BCUT2D eigenvalue weighted by atomic mass is 10.0. The average Bonchev–Trinajstić information content (AvgIpc) is 3.24. The molecule has 320 valence electrons. The fourth-order valence-electron chi connectivity index (χ4n) is 6.04. The number of nitrogens with one attached hydrogen (secondary N) is 2. The second-order valence-electron chi connectivity index (χ2n) is 13.5. The molecule has 5 rings (SSSR count). The highest BCUT2D eigenvalue weighted by molar-refractivity contribution is 6.37. The number of aromatic nitrogens is 1. The minimum absolute atomic E-state index is 0.0115. The molecule has 0 bridgehead atoms. The van der Waals surface area contributed by atoms with E-state index in [1.165, 1.54) is 18.3 Å². The SMILES string of the molecule is N#Cc1cncc(COc2cc(OCc3cccc(-c4cccc(COc5cc(O)c(CNC(CCO)C(=O)O)cc5Cl)c4Cl)c3Cl)c(Cl)cc2CNC(CCO)C(=O)O)c1. The number of hydrogen-bond donors (Lipinski definition) is 7. The molecule has 61 heavy (non-hydrogen) atoms. The summed E-state index contributed by atoms with van der Waals surface area (Å²) in [6, 6.07) is 18.3. The average molecular weight is 915 g/mol. The number of carbonyl (C=O) groups is 2. The number of phenolic OH excluding ortho intramolecular Hbond substituents is 1. The monoisotopic (exact) mass is 912 g/mol. The van der Waals surface area contributed by atoms with E-state index in [-0.39, 0.29) is 86.3 Å². The van der Waals surface area contributed by atoms with Crippen LogP contribution in [0.2, 0.25) is 20.1 Å². The van der Waals surface area contributed by atoms with Gasteiger partial charge in [-0.2, -0.15) is 5.26 Å². The van der Waals surface area contributed by atoms with Gasteiger partial charge in [0.05, 0.1) is 25.7 Å². The van der Waals surface area contributed by atoms with Crippen LogP contribution in [0, 0.1) is 11.3 Å². The second-order valence-corrected chi connectivity index (χ2v) is 15.1. The predicted molar refractivity (Wildman–Crippen MR) is 228 cm³/mol. The fourth-order valence-corrected chi connectivity index (χ4v) is 7.09. The van der Waals surface area contributed by atoms with Crippen LogP contribution in [0.1, 0.15) is 46.2 Å². The van der Waals surface area contributed by atoms with E-state index in [1.807, 2.05) is 6.07 Å². The van der Waals surface area contributed by atoms with Gasteiger partial charge >= 0.3 is 11.9 Å². The van der Waals surface area contributed by atoms with Crippen molar-refractivity contribution in [2.24, 2.45) is 0 Å². The maximum absolute atomic E-state index is 11.7. The van der Waals surface area contributed by atoms with Crippen molar-refractivity contribution in [1.29, 1.82) is 5.26 Å². The van der Waals surface area contributed by atoms with Gasteiger partial charge in [-0.3, -0.25) is 14.6 Å². The summed E-state index contributed by atoms with van der Waals surface area (Å²) in [6.07, 6.45) is 2.96. The second kappa shape index (κ2) is 22.5. The van der Waals surface area contributed by atoms with Gasteiger partial charge < -0.3 is 50.4 Å². The molecule has 2 atom stereocenters. The molecule has 0 fully saturated rings. The lowest BCUT2D eigenvalue weighted by Crippen LogP contribution is -2.37. The van der Waals surface area contributed by atoms with Gasteiger partial charge in [-0.05, 0) is 31.0 Å². The van der Waals surface area contributed by atoms with E-state index in [0.717, 1.165) is 0 Å². The Hall–Kier alpha value is -5.34. The first kappa shape index (κ1) is 46.7. The molecule has 0 aliphatic carbocycles. The number of halogens is 4. The first-order valence-corrected chi connectivity index (χ1v) is 20.1. The summed E-state index contributed by atoms with van der Waals surface area (Å²) in [4.78, 5) is 27.2. The summed E-state index contributed by atoms with van der Waals surface area (Å²) >= 11 is 27.1. The maximum Gasteiger partial charge on any atom is 0.320 e. The summed E-state index contributed by atoms with van der Waals surface area (Å²) in [5.41, 5.74) is 4.20. The molecule has 1 heterocycles. The molecular formula is C43H40Cl4N4O10. The molecular weight excluding hydrogens is 874 g/mol. The van der Waals surface area contributed by atoms with E-state index in [4.69, 9.17) is 65.7 Å². The molecule has 2 unspecified atom stereocenters. The summed E-state index contributed by atoms with van der Waals surface area (Å²) in [7, 11) is 0. The van der Waals surface area contributed by atoms with Gasteiger partial charge in [-0.15, -0.1) is 0 Å². The molecule has 7 N–H and O–H groups in total. The number of hydrogen-bond acceptors (Lipinski definition) is 12. The minimum atomic E-state index is -1.14. The molecule has 18 heteroatoms. The molecule has 4 aromatic carbocycles. The van der Waals surface area contributed by atoms with Gasteiger partial charge in [0.2, 0.25) is 0 Å². The highest BCUT2D eigenvalue weighted by Crippen LogP contribution is 2.40. The molecule has 1 aromatic heterocycles. The van der Waals surface area contributed by atoms with Crippen LogP contribution < -0.4 is 24.8 Å². The van der Waals surface area contributed by atoms with Gasteiger partial charge in [0.15, 0.2) is 0 Å². The number of carboxylic acids is 2. The normalized spacial score (nSPS) is 12.0. The van der Waals surface area contributed by atoms with Crippen molar-refractivity contribution >= 4 is 58.3 Å². The Bertz CT molecular complexity index is 2400. The molecule has 0 amide bonds. The van der Waals surface area contributed by atoms with E-state index in [9.17, 15) is 35.3 Å². The lowest BCUT2D eigenvalue weighted by Gasteiger charge is -2.19. The summed E-state index contributed by atoms with van der Waals surface area (Å²) in [5.74, 6) is -1.71. The molecule has 0 saturated carbocycles. The number of carboxylic acid groups (broad SMARTS) is 2. The zero-order valence-corrected chi connectivity index (χ0v) is 35.2. The summed E-state index contributed by atoms with van der Waals surface area (Å²) in [6.45, 7) is -0.673. The van der Waals surface area contributed by atoms with Gasteiger partial charge in [0, 0.05) is 89.8 Å². The van der Waals surface area contributed by atoms with Crippen LogP contribution in [-0.4, -0.2) is 67.8 Å². The fraction of sp³-hybridized carbons (Fsp3) is 0.256. The van der Waals surface area contributed by atoms with Crippen LogP contribution in [0.5, 0.6) is 23.0 Å². The van der Waals surface area contributed by atoms with Crippen molar-refractivity contribution in [3.8, 4) is 40.2 Å². The standard InChI is InChI=1S/C43H40Cl4N4O10/c44-32-12-28(19-50-34(7-9-52)42(55)56)36(54)14-38(32)60-22-26-3-1-5-30(40(26)46)31-6-2-4-27(41(31)47)23-61-39-15-37(59-21-25-11-24(16-48)17-49-18-25)29(13-33(39)45)20-51-35(8-10-53)43(57)58/h1-6,11-15,17-18,34-35,50-54H,7-10,19-23H2,(H,55,56)(H,57,58). The summed E-state index contributed by atoms with van der Waals surface area (Å²) < 4.78 is 18.2. The Labute approximate surface area is 370 Å². The van der Waals surface area contributed by atoms with Gasteiger partial charge in [0.25, 0.3) is 0 Å². The van der Waals surface area contributed by atoms with E-state index in [0.29, 0.717) is 60.3 Å². The largest absolute Gasteiger partial charge is 0.507 e. The van der Waals surface area contributed by atoms with E-state index >= 15 is 0 Å². The Balaban J connectivity index is 1.32. The van der Waals surface area contributed by atoms with Crippen LogP contribution in [0.15, 0.2) is 79.1 Å². The van der Waals surface area contributed by atoms with E-state index in [1.54, 1.807) is 60.8 Å². The van der Waals surface area contributed by atoms with Crippen LogP contribution in [0.3, 0.4) is 0 Å². The third-order valence-electron chi connectivity index (χ3n) is 9.29. The number of nitrogens with zero attached hydrogens (tertiary/aromatic N) is 2. The first-order valence-electron chi connectivity index (χ1n) is 18.6. The van der Waals surface area contributed by atoms with Crippen LogP contribution >= 0.6 is 46.4 Å². The smallest absolute Gasteiger partial charge is 0.320 e. The van der Waals surface area contributed by atoms with Crippen LogP contribution in [0.25, 0.3) is 11.1 Å². The number of aliphatic hydroxyl groups excluding tert-OH is 2. The minimum Gasteiger partial charge on any atom is -0.507 e. The highest BCUT2D eigenvalue weighted by atomic mass is 35.5. The van der Waals surface area contributed by atoms with Crippen LogP contribution in [-0.2, 0) is 42.5 Å². The topological polar surface area (TPSA) is 224 Å². The Morgan fingerprint density at radius 2 is 1.18 bits per heavy atom. The molecule has 0 aliphatic heterocycles. The number of pyridine rings is 1. The van der Waals surface area contributed by atoms with Gasteiger partial charge in [-0.1, -0.05) is 82.8 Å². The van der Waals surface area contributed by atoms with Crippen molar-refractivity contribution in [3.05, 3.63) is 133 Å². The summed E-state index contributed by atoms with van der Waals surface area (Å²) in [5, 5.41) is 64.0. The number of nitriles is 1. The highest BCUT2D eigenvalue weighted by Gasteiger charge is 2.21. The van der Waals surface area contributed by atoms with Gasteiger partial charge in [0.1, 0.15) is 61.0 Å². The van der Waals surface area contributed by atoms with Crippen molar-refractivity contribution in [2.45, 2.75) is 57.8 Å². The molecule has 0 spiro atoms. The van der Waals surface area contributed by atoms with Gasteiger partial charge in [-0.25, -0.2) is 0 Å². The number of phenols is 1. The molecule has 0 saturated heterocycles.